The van der Waals surface area contributed by atoms with Gasteiger partial charge in [-0.3, -0.25) is 9.78 Å². The summed E-state index contributed by atoms with van der Waals surface area (Å²) in [4.78, 5) is 17.9. The van der Waals surface area contributed by atoms with Crippen LogP contribution >= 0.6 is 11.3 Å². The first kappa shape index (κ1) is 20.3. The maximum atomic E-state index is 12.8. The van der Waals surface area contributed by atoms with Crippen LogP contribution in [0.2, 0.25) is 0 Å². The van der Waals surface area contributed by atoms with Crippen molar-refractivity contribution in [1.29, 1.82) is 0 Å². The standard InChI is InChI=1S/C23H22N2O4S/c26-14-16-5-7-17(8-6-16)15-28-22-12-18(21-4-2-10-30-21)11-20(29-22)23(27)25-19-3-1-9-24-13-19/h1-11,13,18,22,26H,12,14-15H2,(H,25,27)/t18-,22+/m0/s1. The lowest BCUT2D eigenvalue weighted by Crippen LogP contribution is -2.29. The fourth-order valence-corrected chi connectivity index (χ4v) is 3.99. The molecule has 2 aromatic heterocycles. The number of benzene rings is 1. The van der Waals surface area contributed by atoms with Gasteiger partial charge in [-0.1, -0.05) is 30.3 Å². The molecule has 0 saturated heterocycles. The zero-order valence-corrected chi connectivity index (χ0v) is 17.0. The minimum atomic E-state index is -0.547. The summed E-state index contributed by atoms with van der Waals surface area (Å²) in [5.74, 6) is -0.0514. The number of aromatic nitrogens is 1. The largest absolute Gasteiger partial charge is 0.459 e. The van der Waals surface area contributed by atoms with Crippen LogP contribution in [0.25, 0.3) is 0 Å². The predicted octanol–water partition coefficient (Wildman–Crippen LogP) is 4.20. The van der Waals surface area contributed by atoms with Crippen LogP contribution in [0.1, 0.15) is 28.3 Å². The lowest BCUT2D eigenvalue weighted by atomic mass is 9.99. The highest BCUT2D eigenvalue weighted by molar-refractivity contribution is 7.10. The molecular formula is C23H22N2O4S. The Bertz CT molecular complexity index is 988. The molecule has 3 aromatic rings. The Hall–Kier alpha value is -3.00. The first-order valence-corrected chi connectivity index (χ1v) is 10.5. The van der Waals surface area contributed by atoms with Crippen molar-refractivity contribution in [3.63, 3.8) is 0 Å². The summed E-state index contributed by atoms with van der Waals surface area (Å²) in [7, 11) is 0. The minimum Gasteiger partial charge on any atom is -0.459 e. The fourth-order valence-electron chi connectivity index (χ4n) is 3.18. The first-order valence-electron chi connectivity index (χ1n) is 9.65. The third-order valence-electron chi connectivity index (χ3n) is 4.75. The Morgan fingerprint density at radius 3 is 2.73 bits per heavy atom. The van der Waals surface area contributed by atoms with Crippen LogP contribution < -0.4 is 5.32 Å². The van der Waals surface area contributed by atoms with Gasteiger partial charge in [-0.05, 0) is 40.8 Å². The number of aliphatic hydroxyl groups is 1. The molecule has 1 amide bonds. The van der Waals surface area contributed by atoms with E-state index in [9.17, 15) is 9.90 Å². The SMILES string of the molecule is O=C(Nc1cccnc1)C1=C[C@H](c2cccs2)C[C@H](OCc2ccc(CO)cc2)O1. The van der Waals surface area contributed by atoms with E-state index in [1.807, 2.05) is 41.8 Å². The summed E-state index contributed by atoms with van der Waals surface area (Å²) in [5, 5.41) is 14.0. The summed E-state index contributed by atoms with van der Waals surface area (Å²) >= 11 is 1.65. The van der Waals surface area contributed by atoms with E-state index < -0.39 is 6.29 Å². The van der Waals surface area contributed by atoms with E-state index in [0.29, 0.717) is 18.7 Å². The van der Waals surface area contributed by atoms with Gasteiger partial charge in [0.2, 0.25) is 6.29 Å². The molecule has 0 fully saturated rings. The molecule has 0 saturated carbocycles. The summed E-state index contributed by atoms with van der Waals surface area (Å²) in [5.41, 5.74) is 2.42. The average molecular weight is 423 g/mol. The van der Waals surface area contributed by atoms with Gasteiger partial charge in [0, 0.05) is 23.4 Å². The Labute approximate surface area is 178 Å². The van der Waals surface area contributed by atoms with Crippen LogP contribution in [0.3, 0.4) is 0 Å². The van der Waals surface area contributed by atoms with Crippen molar-refractivity contribution in [2.75, 3.05) is 5.32 Å². The van der Waals surface area contributed by atoms with Crippen molar-refractivity contribution >= 4 is 22.9 Å². The number of nitrogens with one attached hydrogen (secondary N) is 1. The molecule has 0 aliphatic carbocycles. The summed E-state index contributed by atoms with van der Waals surface area (Å²) in [6.45, 7) is 0.362. The maximum absolute atomic E-state index is 12.8. The number of rotatable bonds is 7. The molecule has 2 N–H and O–H groups in total. The molecule has 154 valence electrons. The van der Waals surface area contributed by atoms with E-state index in [2.05, 4.69) is 16.4 Å². The molecular weight excluding hydrogens is 400 g/mol. The monoisotopic (exact) mass is 422 g/mol. The zero-order chi connectivity index (χ0) is 20.8. The Kier molecular flexibility index (Phi) is 6.53. The number of amides is 1. The number of ether oxygens (including phenoxy) is 2. The molecule has 7 heteroatoms. The summed E-state index contributed by atoms with van der Waals surface area (Å²) in [6, 6.07) is 15.1. The molecule has 0 radical (unpaired) electrons. The summed E-state index contributed by atoms with van der Waals surface area (Å²) in [6.07, 6.45) is 5.17. The van der Waals surface area contributed by atoms with Crippen LogP contribution in [0.15, 0.2) is 78.1 Å². The number of pyridine rings is 1. The topological polar surface area (TPSA) is 80.7 Å². The Morgan fingerprint density at radius 1 is 1.20 bits per heavy atom. The smallest absolute Gasteiger partial charge is 0.290 e. The van der Waals surface area contributed by atoms with Crippen molar-refractivity contribution in [1.82, 2.24) is 4.98 Å². The van der Waals surface area contributed by atoms with Gasteiger partial charge in [0.1, 0.15) is 0 Å². The highest BCUT2D eigenvalue weighted by Gasteiger charge is 2.29. The Morgan fingerprint density at radius 2 is 2.03 bits per heavy atom. The number of thiophene rings is 1. The third kappa shape index (κ3) is 5.13. The second-order valence-electron chi connectivity index (χ2n) is 6.92. The lowest BCUT2D eigenvalue weighted by Gasteiger charge is -2.28. The minimum absolute atomic E-state index is 0.00949. The second-order valence-corrected chi connectivity index (χ2v) is 7.90. The fraction of sp³-hybridized carbons (Fsp3) is 0.217. The molecule has 3 heterocycles. The molecule has 0 unspecified atom stereocenters. The molecule has 0 spiro atoms. The molecule has 1 aliphatic heterocycles. The molecule has 30 heavy (non-hydrogen) atoms. The van der Waals surface area contributed by atoms with Crippen molar-refractivity contribution in [2.45, 2.75) is 31.8 Å². The number of hydrogen-bond acceptors (Lipinski definition) is 6. The van der Waals surface area contributed by atoms with E-state index in [4.69, 9.17) is 9.47 Å². The highest BCUT2D eigenvalue weighted by atomic mass is 32.1. The average Bonchev–Trinajstić information content (AvgIpc) is 3.34. The first-order chi connectivity index (χ1) is 14.7. The van der Waals surface area contributed by atoms with E-state index in [1.54, 1.807) is 35.9 Å². The van der Waals surface area contributed by atoms with Gasteiger partial charge in [0.05, 0.1) is 25.1 Å². The van der Waals surface area contributed by atoms with Crippen molar-refractivity contribution in [2.24, 2.45) is 0 Å². The van der Waals surface area contributed by atoms with E-state index >= 15 is 0 Å². The number of carbonyl (C=O) groups is 1. The van der Waals surface area contributed by atoms with Gasteiger partial charge in [-0.2, -0.15) is 0 Å². The van der Waals surface area contributed by atoms with Crippen LogP contribution in [0, 0.1) is 0 Å². The van der Waals surface area contributed by atoms with Gasteiger partial charge in [0.25, 0.3) is 5.91 Å². The van der Waals surface area contributed by atoms with Crippen LogP contribution in [-0.2, 0) is 27.5 Å². The van der Waals surface area contributed by atoms with Gasteiger partial charge < -0.3 is 19.9 Å². The molecule has 4 rings (SSSR count). The molecule has 1 aliphatic rings. The highest BCUT2D eigenvalue weighted by Crippen LogP contribution is 2.34. The third-order valence-corrected chi connectivity index (χ3v) is 5.75. The molecule has 1 aromatic carbocycles. The summed E-state index contributed by atoms with van der Waals surface area (Å²) < 4.78 is 11.9. The number of anilines is 1. The number of hydrogen-bond donors (Lipinski definition) is 2. The number of aliphatic hydroxyl groups excluding tert-OH is 1. The van der Waals surface area contributed by atoms with Crippen molar-refractivity contribution in [3.8, 4) is 0 Å². The molecule has 2 atom stereocenters. The number of allylic oxidation sites excluding steroid dienone is 1. The van der Waals surface area contributed by atoms with E-state index in [0.717, 1.165) is 16.0 Å². The van der Waals surface area contributed by atoms with Gasteiger partial charge in [0.15, 0.2) is 5.76 Å². The van der Waals surface area contributed by atoms with Crippen LogP contribution in [0.5, 0.6) is 0 Å². The maximum Gasteiger partial charge on any atom is 0.290 e. The van der Waals surface area contributed by atoms with Crippen molar-refractivity contribution < 1.29 is 19.4 Å². The number of nitrogens with zero attached hydrogens (tertiary/aromatic N) is 1. The molecule has 6 nitrogen and oxygen atoms in total. The van der Waals surface area contributed by atoms with E-state index in [1.165, 1.54) is 0 Å². The van der Waals surface area contributed by atoms with Crippen molar-refractivity contribution in [3.05, 3.63) is 94.1 Å². The van der Waals surface area contributed by atoms with Gasteiger partial charge in [-0.25, -0.2) is 0 Å². The van der Waals surface area contributed by atoms with Gasteiger partial charge >= 0.3 is 0 Å². The second kappa shape index (κ2) is 9.67. The van der Waals surface area contributed by atoms with Crippen LogP contribution in [-0.4, -0.2) is 22.3 Å². The number of carbonyl (C=O) groups excluding carboxylic acids is 1. The zero-order valence-electron chi connectivity index (χ0n) is 16.2. The van der Waals surface area contributed by atoms with Gasteiger partial charge in [-0.15, -0.1) is 11.3 Å². The normalized spacial score (nSPS) is 18.4. The van der Waals surface area contributed by atoms with E-state index in [-0.39, 0.29) is 24.2 Å². The Balaban J connectivity index is 1.46. The predicted molar refractivity (Wildman–Crippen MR) is 115 cm³/mol. The quantitative estimate of drug-likeness (QED) is 0.596. The molecule has 0 bridgehead atoms. The lowest BCUT2D eigenvalue weighted by molar-refractivity contribution is -0.147. The van der Waals surface area contributed by atoms with Crippen LogP contribution in [0.4, 0.5) is 5.69 Å².